The van der Waals surface area contributed by atoms with E-state index in [0.29, 0.717) is 31.9 Å². The van der Waals surface area contributed by atoms with Gasteiger partial charge in [-0.05, 0) is 49.2 Å². The average molecular weight is 492 g/mol. The van der Waals surface area contributed by atoms with Crippen LogP contribution in [0.1, 0.15) is 35.4 Å². The van der Waals surface area contributed by atoms with Gasteiger partial charge in [0.1, 0.15) is 5.82 Å². The highest BCUT2D eigenvalue weighted by Crippen LogP contribution is 2.42. The number of fused-ring (bicyclic) bond motifs is 1. The van der Waals surface area contributed by atoms with Gasteiger partial charge in [0.2, 0.25) is 5.91 Å². The SMILES string of the molecule is O=C(CN1CCOCC1)N1CCCCN2[C@@H](CO)[C@H](c3ccc(C#Cc4ccccc4F)cc3)[C@@H]2C1. The molecule has 0 aromatic heterocycles. The van der Waals surface area contributed by atoms with E-state index in [2.05, 4.69) is 33.8 Å². The van der Waals surface area contributed by atoms with Crippen LogP contribution in [0.15, 0.2) is 48.5 Å². The normalized spacial score (nSPS) is 25.1. The number of nitrogens with zero attached hydrogens (tertiary/aromatic N) is 3. The predicted octanol–water partition coefficient (Wildman–Crippen LogP) is 2.31. The molecular weight excluding hydrogens is 457 g/mol. The fourth-order valence-corrected chi connectivity index (χ4v) is 5.71. The number of rotatable bonds is 4. The molecule has 2 aromatic rings. The van der Waals surface area contributed by atoms with Gasteiger partial charge in [-0.15, -0.1) is 0 Å². The molecule has 3 aliphatic rings. The monoisotopic (exact) mass is 491 g/mol. The molecule has 0 aliphatic carbocycles. The van der Waals surface area contributed by atoms with Gasteiger partial charge in [0.15, 0.2) is 0 Å². The van der Waals surface area contributed by atoms with Crippen LogP contribution in [0.2, 0.25) is 0 Å². The molecule has 0 unspecified atom stereocenters. The minimum atomic E-state index is -0.320. The number of carbonyl (C=O) groups is 1. The molecule has 7 heteroatoms. The van der Waals surface area contributed by atoms with Crippen LogP contribution in [0.3, 0.4) is 0 Å². The van der Waals surface area contributed by atoms with Crippen molar-refractivity contribution in [2.75, 3.05) is 59.1 Å². The largest absolute Gasteiger partial charge is 0.395 e. The van der Waals surface area contributed by atoms with Crippen LogP contribution in [-0.2, 0) is 9.53 Å². The lowest BCUT2D eigenvalue weighted by Gasteiger charge is -2.57. The van der Waals surface area contributed by atoms with Crippen LogP contribution in [0, 0.1) is 17.7 Å². The minimum absolute atomic E-state index is 0.0552. The second kappa shape index (κ2) is 11.5. The first-order valence-electron chi connectivity index (χ1n) is 12.9. The van der Waals surface area contributed by atoms with Crippen LogP contribution in [-0.4, -0.2) is 96.9 Å². The van der Waals surface area contributed by atoms with E-state index in [4.69, 9.17) is 4.74 Å². The van der Waals surface area contributed by atoms with Crippen molar-refractivity contribution in [2.45, 2.75) is 30.8 Å². The van der Waals surface area contributed by atoms with Crippen LogP contribution < -0.4 is 0 Å². The lowest BCUT2D eigenvalue weighted by atomic mass is 9.74. The predicted molar refractivity (Wildman–Crippen MR) is 136 cm³/mol. The zero-order valence-corrected chi connectivity index (χ0v) is 20.6. The summed E-state index contributed by atoms with van der Waals surface area (Å²) in [4.78, 5) is 19.8. The van der Waals surface area contributed by atoms with Gasteiger partial charge in [-0.3, -0.25) is 14.6 Å². The molecule has 3 fully saturated rings. The van der Waals surface area contributed by atoms with E-state index in [1.54, 1.807) is 18.2 Å². The number of carbonyl (C=O) groups excluding carboxylic acids is 1. The zero-order valence-electron chi connectivity index (χ0n) is 20.6. The number of aliphatic hydroxyl groups is 1. The Morgan fingerprint density at radius 3 is 2.50 bits per heavy atom. The number of ether oxygens (including phenoxy) is 1. The molecule has 3 aliphatic heterocycles. The molecule has 0 saturated carbocycles. The van der Waals surface area contributed by atoms with Crippen molar-refractivity contribution in [3.63, 3.8) is 0 Å². The summed E-state index contributed by atoms with van der Waals surface area (Å²) < 4.78 is 19.3. The maximum atomic E-state index is 13.9. The number of hydrogen-bond donors (Lipinski definition) is 1. The third kappa shape index (κ3) is 5.47. The number of halogens is 1. The van der Waals surface area contributed by atoms with E-state index in [1.165, 1.54) is 6.07 Å². The van der Waals surface area contributed by atoms with Crippen molar-refractivity contribution in [3.8, 4) is 11.8 Å². The number of amides is 1. The Bertz CT molecular complexity index is 1110. The topological polar surface area (TPSA) is 56.2 Å². The number of morpholine rings is 1. The Balaban J connectivity index is 1.30. The molecule has 0 bridgehead atoms. The smallest absolute Gasteiger partial charge is 0.236 e. The summed E-state index contributed by atoms with van der Waals surface area (Å²) in [7, 11) is 0. The van der Waals surface area contributed by atoms with Crippen LogP contribution in [0.25, 0.3) is 0 Å². The molecule has 1 amide bonds. The Hall–Kier alpha value is -2.76. The molecule has 1 N–H and O–H groups in total. The second-order valence-electron chi connectivity index (χ2n) is 9.87. The summed E-state index contributed by atoms with van der Waals surface area (Å²) in [6, 6.07) is 14.8. The van der Waals surface area contributed by atoms with Gasteiger partial charge in [-0.2, -0.15) is 0 Å². The quantitative estimate of drug-likeness (QED) is 0.666. The van der Waals surface area contributed by atoms with Crippen molar-refractivity contribution in [1.29, 1.82) is 0 Å². The summed E-state index contributed by atoms with van der Waals surface area (Å²) in [5, 5.41) is 10.2. The van der Waals surface area contributed by atoms with Gasteiger partial charge in [0.05, 0.1) is 31.9 Å². The first-order chi connectivity index (χ1) is 17.6. The van der Waals surface area contributed by atoms with Crippen molar-refractivity contribution >= 4 is 5.91 Å². The fraction of sp³-hybridized carbons (Fsp3) is 0.483. The average Bonchev–Trinajstić information content (AvgIpc) is 2.88. The maximum Gasteiger partial charge on any atom is 0.236 e. The highest BCUT2D eigenvalue weighted by Gasteiger charge is 2.49. The van der Waals surface area contributed by atoms with Crippen molar-refractivity contribution in [3.05, 3.63) is 71.0 Å². The molecule has 0 spiro atoms. The molecule has 0 radical (unpaired) electrons. The highest BCUT2D eigenvalue weighted by atomic mass is 19.1. The number of benzene rings is 2. The number of hydrogen-bond acceptors (Lipinski definition) is 5. The maximum absolute atomic E-state index is 13.9. The third-order valence-electron chi connectivity index (χ3n) is 7.70. The van der Waals surface area contributed by atoms with Gasteiger partial charge >= 0.3 is 0 Å². The van der Waals surface area contributed by atoms with Gasteiger partial charge in [0, 0.05) is 49.7 Å². The molecule has 36 heavy (non-hydrogen) atoms. The summed E-state index contributed by atoms with van der Waals surface area (Å²) >= 11 is 0. The minimum Gasteiger partial charge on any atom is -0.395 e. The van der Waals surface area contributed by atoms with E-state index < -0.39 is 0 Å². The molecule has 5 rings (SSSR count). The van der Waals surface area contributed by atoms with E-state index in [9.17, 15) is 14.3 Å². The summed E-state index contributed by atoms with van der Waals surface area (Å²) in [5.74, 6) is 5.97. The first kappa shape index (κ1) is 24.9. The van der Waals surface area contributed by atoms with Crippen molar-refractivity contribution in [1.82, 2.24) is 14.7 Å². The third-order valence-corrected chi connectivity index (χ3v) is 7.70. The zero-order chi connectivity index (χ0) is 24.9. The summed E-state index contributed by atoms with van der Waals surface area (Å²) in [5.41, 5.74) is 2.35. The summed E-state index contributed by atoms with van der Waals surface area (Å²) in [6.45, 7) is 5.93. The van der Waals surface area contributed by atoms with E-state index in [-0.39, 0.29) is 36.3 Å². The lowest BCUT2D eigenvalue weighted by molar-refractivity contribution is -0.138. The Morgan fingerprint density at radius 2 is 1.75 bits per heavy atom. The van der Waals surface area contributed by atoms with Crippen molar-refractivity contribution in [2.24, 2.45) is 0 Å². The van der Waals surface area contributed by atoms with Gasteiger partial charge < -0.3 is 14.7 Å². The van der Waals surface area contributed by atoms with E-state index >= 15 is 0 Å². The molecule has 3 saturated heterocycles. The lowest BCUT2D eigenvalue weighted by Crippen LogP contribution is -2.68. The second-order valence-corrected chi connectivity index (χ2v) is 9.87. The van der Waals surface area contributed by atoms with Crippen LogP contribution in [0.4, 0.5) is 4.39 Å². The van der Waals surface area contributed by atoms with Crippen LogP contribution in [0.5, 0.6) is 0 Å². The summed E-state index contributed by atoms with van der Waals surface area (Å²) in [6.07, 6.45) is 2.00. The highest BCUT2D eigenvalue weighted by molar-refractivity contribution is 5.78. The molecule has 3 heterocycles. The molecular formula is C29H34FN3O3. The Morgan fingerprint density at radius 1 is 1.00 bits per heavy atom. The van der Waals surface area contributed by atoms with Gasteiger partial charge in [0.25, 0.3) is 0 Å². The van der Waals surface area contributed by atoms with Gasteiger partial charge in [-0.1, -0.05) is 36.1 Å². The number of aliphatic hydroxyl groups excluding tert-OH is 1. The van der Waals surface area contributed by atoms with E-state index in [0.717, 1.165) is 50.1 Å². The first-order valence-corrected chi connectivity index (χ1v) is 12.9. The molecule has 190 valence electrons. The molecule has 6 nitrogen and oxygen atoms in total. The Kier molecular flexibility index (Phi) is 7.98. The van der Waals surface area contributed by atoms with Crippen LogP contribution >= 0.6 is 0 Å². The molecule has 2 aromatic carbocycles. The van der Waals surface area contributed by atoms with E-state index in [1.807, 2.05) is 17.0 Å². The van der Waals surface area contributed by atoms with Crippen molar-refractivity contribution < 1.29 is 19.0 Å². The van der Waals surface area contributed by atoms with Gasteiger partial charge in [-0.25, -0.2) is 4.39 Å². The molecule has 3 atom stereocenters. The standard InChI is InChI=1S/C29H34FN3O3/c30-25-6-2-1-5-23(25)10-7-22-8-11-24(12-9-22)29-26-19-32(13-3-4-14-33(26)27(29)21-34)28(35)20-31-15-17-36-18-16-31/h1-2,5-6,8-9,11-12,26-27,29,34H,3-4,13-21H2/t26-,27-,29+/m0/s1. The fourth-order valence-electron chi connectivity index (χ4n) is 5.71. The Labute approximate surface area is 212 Å².